The summed E-state index contributed by atoms with van der Waals surface area (Å²) in [5.41, 5.74) is -0.627. The average Bonchev–Trinajstić information content (AvgIpc) is 2.36. The van der Waals surface area contributed by atoms with Crippen molar-refractivity contribution in [2.24, 2.45) is 0 Å². The van der Waals surface area contributed by atoms with Gasteiger partial charge in [-0.3, -0.25) is 14.9 Å². The lowest BCUT2D eigenvalue weighted by Crippen LogP contribution is -2.35. The van der Waals surface area contributed by atoms with E-state index in [4.69, 9.17) is 4.74 Å². The highest BCUT2D eigenvalue weighted by atomic mass is 19.1. The highest BCUT2D eigenvalue weighted by Crippen LogP contribution is 2.22. The SMILES string of the molecule is CCCC(C)NC(=O)COc1ccc([N+](=O)[O-])c(F)c1. The van der Waals surface area contributed by atoms with E-state index in [1.165, 1.54) is 6.07 Å². The van der Waals surface area contributed by atoms with Gasteiger partial charge >= 0.3 is 5.69 Å². The fourth-order valence-corrected chi connectivity index (χ4v) is 1.70. The molecule has 0 spiro atoms. The first-order chi connectivity index (χ1) is 9.43. The van der Waals surface area contributed by atoms with Crippen molar-refractivity contribution in [2.75, 3.05) is 6.61 Å². The van der Waals surface area contributed by atoms with E-state index in [0.717, 1.165) is 25.0 Å². The van der Waals surface area contributed by atoms with E-state index < -0.39 is 16.4 Å². The van der Waals surface area contributed by atoms with Crippen LogP contribution in [-0.2, 0) is 4.79 Å². The lowest BCUT2D eigenvalue weighted by atomic mass is 10.2. The molecule has 1 N–H and O–H groups in total. The van der Waals surface area contributed by atoms with Crippen molar-refractivity contribution in [1.82, 2.24) is 5.32 Å². The second-order valence-corrected chi connectivity index (χ2v) is 4.42. The molecular weight excluding hydrogens is 267 g/mol. The molecule has 0 saturated heterocycles. The van der Waals surface area contributed by atoms with Gasteiger partial charge in [-0.1, -0.05) is 13.3 Å². The van der Waals surface area contributed by atoms with Gasteiger partial charge in [0.25, 0.3) is 5.91 Å². The Hall–Kier alpha value is -2.18. The van der Waals surface area contributed by atoms with E-state index in [2.05, 4.69) is 5.32 Å². The Balaban J connectivity index is 2.52. The summed E-state index contributed by atoms with van der Waals surface area (Å²) in [6.45, 7) is 3.64. The first-order valence-electron chi connectivity index (χ1n) is 6.30. The third kappa shape index (κ3) is 4.83. The summed E-state index contributed by atoms with van der Waals surface area (Å²) >= 11 is 0. The number of amides is 1. The molecule has 0 aromatic heterocycles. The van der Waals surface area contributed by atoms with Gasteiger partial charge in [0.2, 0.25) is 5.82 Å². The molecule has 0 bridgehead atoms. The van der Waals surface area contributed by atoms with Gasteiger partial charge in [-0.2, -0.15) is 4.39 Å². The number of halogens is 1. The van der Waals surface area contributed by atoms with Crippen LogP contribution in [0.5, 0.6) is 5.75 Å². The number of rotatable bonds is 7. The number of benzene rings is 1. The minimum absolute atomic E-state index is 0.0460. The Morgan fingerprint density at radius 2 is 2.25 bits per heavy atom. The van der Waals surface area contributed by atoms with E-state index in [0.29, 0.717) is 0 Å². The number of hydrogen-bond donors (Lipinski definition) is 1. The van der Waals surface area contributed by atoms with Crippen molar-refractivity contribution in [3.8, 4) is 5.75 Å². The Kier molecular flexibility index (Phi) is 5.89. The summed E-state index contributed by atoms with van der Waals surface area (Å²) in [5.74, 6) is -1.23. The van der Waals surface area contributed by atoms with Gasteiger partial charge in [0.1, 0.15) is 5.75 Å². The maximum atomic E-state index is 13.3. The molecule has 1 rings (SSSR count). The minimum Gasteiger partial charge on any atom is -0.484 e. The van der Waals surface area contributed by atoms with Gasteiger partial charge in [-0.05, 0) is 19.4 Å². The van der Waals surface area contributed by atoms with Crippen molar-refractivity contribution in [2.45, 2.75) is 32.7 Å². The molecule has 0 aliphatic rings. The summed E-state index contributed by atoms with van der Waals surface area (Å²) < 4.78 is 18.4. The quantitative estimate of drug-likeness (QED) is 0.615. The maximum Gasteiger partial charge on any atom is 0.305 e. The van der Waals surface area contributed by atoms with E-state index in [1.54, 1.807) is 0 Å². The van der Waals surface area contributed by atoms with Crippen LogP contribution in [0.25, 0.3) is 0 Å². The summed E-state index contributed by atoms with van der Waals surface area (Å²) in [4.78, 5) is 21.1. The molecular formula is C13H17FN2O4. The molecule has 0 fully saturated rings. The van der Waals surface area contributed by atoms with Crippen molar-refractivity contribution in [3.05, 3.63) is 34.1 Å². The van der Waals surface area contributed by atoms with Crippen LogP contribution in [0.1, 0.15) is 26.7 Å². The van der Waals surface area contributed by atoms with E-state index in [9.17, 15) is 19.3 Å². The molecule has 1 amide bonds. The van der Waals surface area contributed by atoms with Crippen LogP contribution in [0.4, 0.5) is 10.1 Å². The smallest absolute Gasteiger partial charge is 0.305 e. The summed E-state index contributed by atoms with van der Waals surface area (Å²) in [6.07, 6.45) is 1.81. The van der Waals surface area contributed by atoms with Gasteiger partial charge in [-0.25, -0.2) is 0 Å². The summed E-state index contributed by atoms with van der Waals surface area (Å²) in [6, 6.07) is 3.19. The van der Waals surface area contributed by atoms with Gasteiger partial charge < -0.3 is 10.1 Å². The number of carbonyl (C=O) groups is 1. The fraction of sp³-hybridized carbons (Fsp3) is 0.462. The first-order valence-corrected chi connectivity index (χ1v) is 6.30. The third-order valence-electron chi connectivity index (χ3n) is 2.61. The maximum absolute atomic E-state index is 13.3. The Morgan fingerprint density at radius 3 is 2.80 bits per heavy atom. The third-order valence-corrected chi connectivity index (χ3v) is 2.61. The second kappa shape index (κ2) is 7.42. The van der Waals surface area contributed by atoms with Crippen molar-refractivity contribution in [3.63, 3.8) is 0 Å². The molecule has 0 aliphatic carbocycles. The van der Waals surface area contributed by atoms with Crippen molar-refractivity contribution < 1.29 is 18.8 Å². The van der Waals surface area contributed by atoms with Crippen LogP contribution in [0.2, 0.25) is 0 Å². The number of hydrogen-bond acceptors (Lipinski definition) is 4. The molecule has 110 valence electrons. The van der Waals surface area contributed by atoms with Crippen molar-refractivity contribution >= 4 is 11.6 Å². The normalized spacial score (nSPS) is 11.8. The monoisotopic (exact) mass is 284 g/mol. The number of carbonyl (C=O) groups excluding carboxylic acids is 1. The Morgan fingerprint density at radius 1 is 1.55 bits per heavy atom. The van der Waals surface area contributed by atoms with Crippen LogP contribution < -0.4 is 10.1 Å². The van der Waals surface area contributed by atoms with Crippen molar-refractivity contribution in [1.29, 1.82) is 0 Å². The van der Waals surface area contributed by atoms with Crippen LogP contribution in [0.3, 0.4) is 0 Å². The summed E-state index contributed by atoms with van der Waals surface area (Å²) in [5, 5.41) is 13.2. The van der Waals surface area contributed by atoms with Gasteiger partial charge in [0.15, 0.2) is 6.61 Å². The highest BCUT2D eigenvalue weighted by Gasteiger charge is 2.15. The molecule has 0 heterocycles. The van der Waals surface area contributed by atoms with Crippen LogP contribution in [-0.4, -0.2) is 23.5 Å². The van der Waals surface area contributed by atoms with Gasteiger partial charge in [0, 0.05) is 18.2 Å². The fourth-order valence-electron chi connectivity index (χ4n) is 1.70. The molecule has 0 radical (unpaired) electrons. The minimum atomic E-state index is -0.993. The van der Waals surface area contributed by atoms with Gasteiger partial charge in [0.05, 0.1) is 4.92 Å². The number of ether oxygens (including phenoxy) is 1. The molecule has 20 heavy (non-hydrogen) atoms. The van der Waals surface area contributed by atoms with Gasteiger partial charge in [-0.15, -0.1) is 0 Å². The standard InChI is InChI=1S/C13H17FN2O4/c1-3-4-9(2)15-13(17)8-20-10-5-6-12(16(18)19)11(14)7-10/h5-7,9H,3-4,8H2,1-2H3,(H,15,17). The second-order valence-electron chi connectivity index (χ2n) is 4.42. The Bertz CT molecular complexity index is 493. The lowest BCUT2D eigenvalue weighted by Gasteiger charge is -2.13. The molecule has 0 saturated carbocycles. The molecule has 6 nitrogen and oxygen atoms in total. The topological polar surface area (TPSA) is 81.5 Å². The zero-order valence-electron chi connectivity index (χ0n) is 11.4. The lowest BCUT2D eigenvalue weighted by molar-refractivity contribution is -0.387. The largest absolute Gasteiger partial charge is 0.484 e. The summed E-state index contributed by atoms with van der Waals surface area (Å²) in [7, 11) is 0. The van der Waals surface area contributed by atoms with Crippen LogP contribution in [0, 0.1) is 15.9 Å². The average molecular weight is 284 g/mol. The van der Waals surface area contributed by atoms with E-state index in [-0.39, 0.29) is 24.3 Å². The van der Waals surface area contributed by atoms with Crippen LogP contribution >= 0.6 is 0 Å². The number of nitro groups is 1. The van der Waals surface area contributed by atoms with E-state index in [1.807, 2.05) is 13.8 Å². The van der Waals surface area contributed by atoms with Crippen LogP contribution in [0.15, 0.2) is 18.2 Å². The van der Waals surface area contributed by atoms with E-state index >= 15 is 0 Å². The molecule has 1 aromatic rings. The predicted octanol–water partition coefficient (Wildman–Crippen LogP) is 2.42. The number of nitrogens with zero attached hydrogens (tertiary/aromatic N) is 1. The Labute approximate surface area is 116 Å². The number of nitrogens with one attached hydrogen (secondary N) is 1. The molecule has 1 atom stereocenters. The number of nitro benzene ring substituents is 1. The molecule has 0 aliphatic heterocycles. The predicted molar refractivity (Wildman–Crippen MR) is 71.1 cm³/mol. The zero-order chi connectivity index (χ0) is 15.1. The molecule has 1 aromatic carbocycles. The molecule has 1 unspecified atom stereocenters. The molecule has 7 heteroatoms. The highest BCUT2D eigenvalue weighted by molar-refractivity contribution is 5.77. The first kappa shape index (κ1) is 15.9. The zero-order valence-corrected chi connectivity index (χ0v) is 11.4.